The number of anilines is 2. The van der Waals surface area contributed by atoms with Crippen molar-refractivity contribution in [3.05, 3.63) is 54.0 Å². The van der Waals surface area contributed by atoms with Gasteiger partial charge in [-0.05, 0) is 79.7 Å². The van der Waals surface area contributed by atoms with Crippen molar-refractivity contribution in [3.8, 4) is 0 Å². The molecule has 32 heavy (non-hydrogen) atoms. The van der Waals surface area contributed by atoms with Crippen molar-refractivity contribution in [3.63, 3.8) is 0 Å². The van der Waals surface area contributed by atoms with E-state index in [1.54, 1.807) is 0 Å². The molecule has 2 aliphatic carbocycles. The predicted molar refractivity (Wildman–Crippen MR) is 126 cm³/mol. The van der Waals surface area contributed by atoms with Gasteiger partial charge in [-0.25, -0.2) is 15.0 Å². The molecule has 0 aliphatic heterocycles. The van der Waals surface area contributed by atoms with Crippen molar-refractivity contribution in [1.82, 2.24) is 19.5 Å². The molecule has 0 radical (unpaired) electrons. The highest BCUT2D eigenvalue weighted by atomic mass is 16.3. The van der Waals surface area contributed by atoms with E-state index in [9.17, 15) is 5.11 Å². The van der Waals surface area contributed by atoms with Gasteiger partial charge in [0.25, 0.3) is 0 Å². The maximum Gasteiger partial charge on any atom is 0.145 e. The summed E-state index contributed by atoms with van der Waals surface area (Å²) in [7, 11) is 0. The molecule has 4 aromatic rings. The van der Waals surface area contributed by atoms with E-state index < -0.39 is 0 Å². The number of benzene rings is 1. The van der Waals surface area contributed by atoms with Crippen LogP contribution in [0.15, 0.2) is 42.9 Å². The van der Waals surface area contributed by atoms with E-state index in [2.05, 4.69) is 43.8 Å². The Morgan fingerprint density at radius 2 is 1.91 bits per heavy atom. The molecule has 164 valence electrons. The van der Waals surface area contributed by atoms with Crippen molar-refractivity contribution in [2.45, 2.75) is 56.6 Å². The van der Waals surface area contributed by atoms with E-state index in [1.165, 1.54) is 30.3 Å². The summed E-state index contributed by atoms with van der Waals surface area (Å²) in [6.07, 6.45) is 9.17. The first-order valence-corrected chi connectivity index (χ1v) is 11.5. The van der Waals surface area contributed by atoms with Crippen LogP contribution in [0.2, 0.25) is 0 Å². The van der Waals surface area contributed by atoms with E-state index in [0.29, 0.717) is 17.6 Å². The second-order valence-corrected chi connectivity index (χ2v) is 9.47. The molecule has 7 heteroatoms. The first kappa shape index (κ1) is 19.5. The smallest absolute Gasteiger partial charge is 0.145 e. The van der Waals surface area contributed by atoms with E-state index >= 15 is 0 Å². The van der Waals surface area contributed by atoms with Gasteiger partial charge < -0.3 is 21.1 Å². The molecule has 3 aromatic heterocycles. The molecule has 3 heterocycles. The molecular formula is C25H28N6O. The molecule has 2 aliphatic rings. The Labute approximate surface area is 186 Å². The minimum Gasteiger partial charge on any atom is -0.393 e. The molecule has 3 atom stereocenters. The van der Waals surface area contributed by atoms with Gasteiger partial charge in [-0.3, -0.25) is 0 Å². The number of nitrogen functional groups attached to an aromatic ring is 2. The molecule has 2 fully saturated rings. The number of aliphatic hydroxyl groups excluding tert-OH is 1. The Hall–Kier alpha value is -3.19. The zero-order chi connectivity index (χ0) is 21.8. The van der Waals surface area contributed by atoms with Crippen LogP contribution in [0.5, 0.6) is 0 Å². The number of rotatable bonds is 5. The summed E-state index contributed by atoms with van der Waals surface area (Å²) in [5.74, 6) is 2.03. The van der Waals surface area contributed by atoms with Crippen LogP contribution in [0.1, 0.15) is 55.2 Å². The highest BCUT2D eigenvalue weighted by molar-refractivity contribution is 5.86. The molecule has 1 aromatic carbocycles. The van der Waals surface area contributed by atoms with Crippen molar-refractivity contribution in [2.24, 2.45) is 5.92 Å². The number of aromatic nitrogens is 4. The average molecular weight is 429 g/mol. The van der Waals surface area contributed by atoms with E-state index in [-0.39, 0.29) is 18.1 Å². The number of aliphatic hydroxyl groups is 1. The van der Waals surface area contributed by atoms with Gasteiger partial charge in [0.2, 0.25) is 0 Å². The van der Waals surface area contributed by atoms with Crippen LogP contribution in [0.25, 0.3) is 21.9 Å². The zero-order valence-electron chi connectivity index (χ0n) is 18.0. The zero-order valence-corrected chi connectivity index (χ0v) is 18.0. The molecule has 2 saturated carbocycles. The van der Waals surface area contributed by atoms with E-state index in [1.807, 2.05) is 12.3 Å². The molecule has 0 bridgehead atoms. The lowest BCUT2D eigenvalue weighted by molar-refractivity contribution is 0.127. The van der Waals surface area contributed by atoms with Crippen molar-refractivity contribution in [1.29, 1.82) is 0 Å². The van der Waals surface area contributed by atoms with Crippen LogP contribution in [-0.4, -0.2) is 30.7 Å². The normalized spacial score (nSPS) is 23.3. The third-order valence-electron chi connectivity index (χ3n) is 7.33. The predicted octanol–water partition coefficient (Wildman–Crippen LogP) is 3.97. The van der Waals surface area contributed by atoms with Gasteiger partial charge in [0.15, 0.2) is 0 Å². The lowest BCUT2D eigenvalue weighted by Gasteiger charge is -2.15. The Morgan fingerprint density at radius 1 is 1.03 bits per heavy atom. The molecule has 2 unspecified atom stereocenters. The van der Waals surface area contributed by atoms with Crippen molar-refractivity contribution < 1.29 is 5.11 Å². The second kappa shape index (κ2) is 7.45. The third-order valence-corrected chi connectivity index (χ3v) is 7.33. The fraction of sp³-hybridized carbons (Fsp3) is 0.400. The SMILES string of the molecule is Nc1nc2cc(CCC3CC(n4ccc5c(N)ncnc54)C[C@@H]3O)ccc2cc1C1CC1. The molecule has 6 rings (SSSR count). The first-order chi connectivity index (χ1) is 15.6. The van der Waals surface area contributed by atoms with Crippen LogP contribution in [0, 0.1) is 5.92 Å². The molecule has 0 amide bonds. The minimum absolute atomic E-state index is 0.223. The summed E-state index contributed by atoms with van der Waals surface area (Å²) in [4.78, 5) is 13.2. The lowest BCUT2D eigenvalue weighted by atomic mass is 9.95. The summed E-state index contributed by atoms with van der Waals surface area (Å²) >= 11 is 0. The third kappa shape index (κ3) is 3.37. The number of aryl methyl sites for hydroxylation is 1. The number of nitrogens with zero attached hydrogens (tertiary/aromatic N) is 4. The Balaban J connectivity index is 1.17. The molecular weight excluding hydrogens is 400 g/mol. The van der Waals surface area contributed by atoms with Gasteiger partial charge in [0, 0.05) is 17.6 Å². The molecule has 0 spiro atoms. The molecule has 0 saturated heterocycles. The van der Waals surface area contributed by atoms with Crippen LogP contribution in [-0.2, 0) is 6.42 Å². The van der Waals surface area contributed by atoms with Crippen LogP contribution in [0.3, 0.4) is 0 Å². The van der Waals surface area contributed by atoms with Gasteiger partial charge in [-0.1, -0.05) is 12.1 Å². The van der Waals surface area contributed by atoms with Crippen LogP contribution >= 0.6 is 0 Å². The van der Waals surface area contributed by atoms with E-state index in [0.717, 1.165) is 47.6 Å². The van der Waals surface area contributed by atoms with Gasteiger partial charge >= 0.3 is 0 Å². The van der Waals surface area contributed by atoms with Gasteiger partial charge in [0.05, 0.1) is 17.0 Å². The minimum atomic E-state index is -0.313. The fourth-order valence-corrected chi connectivity index (χ4v) is 5.37. The highest BCUT2D eigenvalue weighted by Crippen LogP contribution is 2.43. The number of fused-ring (bicyclic) bond motifs is 2. The lowest BCUT2D eigenvalue weighted by Crippen LogP contribution is -2.13. The van der Waals surface area contributed by atoms with Crippen LogP contribution in [0.4, 0.5) is 11.6 Å². The second-order valence-electron chi connectivity index (χ2n) is 9.47. The maximum absolute atomic E-state index is 10.8. The van der Waals surface area contributed by atoms with Gasteiger partial charge in [0.1, 0.15) is 23.6 Å². The average Bonchev–Trinajstić information content (AvgIpc) is 3.42. The largest absolute Gasteiger partial charge is 0.393 e. The monoisotopic (exact) mass is 428 g/mol. The summed E-state index contributed by atoms with van der Waals surface area (Å²) in [5, 5.41) is 12.8. The fourth-order valence-electron chi connectivity index (χ4n) is 5.37. The number of pyridine rings is 1. The number of hydrogen-bond donors (Lipinski definition) is 3. The van der Waals surface area contributed by atoms with Crippen molar-refractivity contribution >= 4 is 33.6 Å². The number of nitrogens with two attached hydrogens (primary N) is 2. The summed E-state index contributed by atoms with van der Waals surface area (Å²) in [6, 6.07) is 10.9. The Morgan fingerprint density at radius 3 is 2.75 bits per heavy atom. The highest BCUT2D eigenvalue weighted by Gasteiger charge is 2.34. The first-order valence-electron chi connectivity index (χ1n) is 11.5. The quantitative estimate of drug-likeness (QED) is 0.443. The van der Waals surface area contributed by atoms with Crippen molar-refractivity contribution in [2.75, 3.05) is 11.5 Å². The summed E-state index contributed by atoms with van der Waals surface area (Å²) in [5.41, 5.74) is 16.5. The molecule has 7 nitrogen and oxygen atoms in total. The molecule has 5 N–H and O–H groups in total. The topological polar surface area (TPSA) is 116 Å². The summed E-state index contributed by atoms with van der Waals surface area (Å²) in [6.45, 7) is 0. The standard InChI is InChI=1S/C25H28N6O/c26-23-19-7-8-31(25(19)29-13-28-23)18-10-17(22(32)12-18)4-2-14-1-3-16-11-20(15-5-6-15)24(27)30-21(16)9-14/h1,3,7-9,11,13,15,17-18,22,32H,2,4-6,10,12H2,(H2,27,30)(H2,26,28,29)/t17?,18?,22-/m0/s1. The van der Waals surface area contributed by atoms with E-state index in [4.69, 9.17) is 11.5 Å². The van der Waals surface area contributed by atoms with Gasteiger partial charge in [-0.15, -0.1) is 0 Å². The Bertz CT molecular complexity index is 1310. The summed E-state index contributed by atoms with van der Waals surface area (Å²) < 4.78 is 2.15. The Kier molecular flexibility index (Phi) is 4.54. The van der Waals surface area contributed by atoms with Crippen LogP contribution < -0.4 is 11.5 Å². The van der Waals surface area contributed by atoms with Gasteiger partial charge in [-0.2, -0.15) is 0 Å². The number of hydrogen-bond acceptors (Lipinski definition) is 6. The maximum atomic E-state index is 10.8.